The van der Waals surface area contributed by atoms with Crippen molar-refractivity contribution >= 4 is 0 Å². The van der Waals surface area contributed by atoms with Gasteiger partial charge in [-0.25, -0.2) is 4.79 Å². The molecule has 3 aromatic heterocycles. The Kier molecular flexibility index (Phi) is 6.11. The number of hydrogen-bond acceptors (Lipinski definition) is 5. The lowest BCUT2D eigenvalue weighted by atomic mass is 10.0. The number of aryl methyl sites for hydroxylation is 1. The van der Waals surface area contributed by atoms with Crippen LogP contribution in [0.25, 0.3) is 28.2 Å². The van der Waals surface area contributed by atoms with Crippen LogP contribution in [0.4, 0.5) is 0 Å². The number of para-hydroxylation sites is 1. The average molecular weight is 452 g/mol. The molecule has 0 fully saturated rings. The van der Waals surface area contributed by atoms with Crippen molar-refractivity contribution < 1.29 is 0 Å². The fourth-order valence-electron chi connectivity index (χ4n) is 4.07. The number of pyridine rings is 1. The van der Waals surface area contributed by atoms with Gasteiger partial charge in [0.05, 0.1) is 17.9 Å². The van der Waals surface area contributed by atoms with Crippen LogP contribution < -0.4 is 5.69 Å². The Labute approximate surface area is 196 Å². The van der Waals surface area contributed by atoms with Gasteiger partial charge in [-0.2, -0.15) is 5.21 Å². The van der Waals surface area contributed by atoms with E-state index in [4.69, 9.17) is 0 Å². The lowest BCUT2D eigenvalue weighted by Gasteiger charge is -2.09. The Balaban J connectivity index is 1.46. The SMILES string of the molecule is CCCCc1cn(-c2ccccc2)c(=O)n1Cc1ccc(-c2ccccc2-c2nn[nH]n2)cn1. The van der Waals surface area contributed by atoms with Crippen molar-refractivity contribution in [3.63, 3.8) is 0 Å². The minimum atomic E-state index is -0.0503. The third-order valence-corrected chi connectivity index (χ3v) is 5.85. The van der Waals surface area contributed by atoms with Gasteiger partial charge in [0.2, 0.25) is 5.82 Å². The van der Waals surface area contributed by atoms with E-state index >= 15 is 0 Å². The monoisotopic (exact) mass is 451 g/mol. The van der Waals surface area contributed by atoms with Crippen LogP contribution in [0.5, 0.6) is 0 Å². The van der Waals surface area contributed by atoms with Gasteiger partial charge in [-0.1, -0.05) is 61.9 Å². The molecule has 0 amide bonds. The molecule has 2 aromatic carbocycles. The number of rotatable bonds is 8. The highest BCUT2D eigenvalue weighted by atomic mass is 16.1. The zero-order chi connectivity index (χ0) is 23.3. The maximum absolute atomic E-state index is 13.3. The average Bonchev–Trinajstić information content (AvgIpc) is 3.53. The maximum atomic E-state index is 13.3. The summed E-state index contributed by atoms with van der Waals surface area (Å²) in [6, 6.07) is 21.6. The van der Waals surface area contributed by atoms with Gasteiger partial charge < -0.3 is 0 Å². The van der Waals surface area contributed by atoms with Crippen molar-refractivity contribution in [1.82, 2.24) is 34.7 Å². The topological polar surface area (TPSA) is 94.3 Å². The molecule has 5 aromatic rings. The minimum absolute atomic E-state index is 0.0503. The third kappa shape index (κ3) is 4.30. The largest absolute Gasteiger partial charge is 0.333 e. The second kappa shape index (κ2) is 9.66. The van der Waals surface area contributed by atoms with Crippen LogP contribution in [0.3, 0.4) is 0 Å². The molecule has 170 valence electrons. The van der Waals surface area contributed by atoms with Gasteiger partial charge in [0.25, 0.3) is 0 Å². The van der Waals surface area contributed by atoms with E-state index < -0.39 is 0 Å². The maximum Gasteiger partial charge on any atom is 0.333 e. The van der Waals surface area contributed by atoms with Crippen LogP contribution in [0.1, 0.15) is 31.2 Å². The molecule has 0 aliphatic rings. The summed E-state index contributed by atoms with van der Waals surface area (Å²) in [6.07, 6.45) is 6.73. The van der Waals surface area contributed by atoms with E-state index in [2.05, 4.69) is 32.5 Å². The highest BCUT2D eigenvalue weighted by Gasteiger charge is 2.14. The number of unbranched alkanes of at least 4 members (excludes halogenated alkanes) is 1. The molecule has 0 saturated heterocycles. The Morgan fingerprint density at radius 3 is 2.44 bits per heavy atom. The summed E-state index contributed by atoms with van der Waals surface area (Å²) in [7, 11) is 0. The van der Waals surface area contributed by atoms with Crippen LogP contribution in [0, 0.1) is 0 Å². The molecule has 8 nitrogen and oxygen atoms in total. The fourth-order valence-corrected chi connectivity index (χ4v) is 4.07. The summed E-state index contributed by atoms with van der Waals surface area (Å²) < 4.78 is 3.55. The van der Waals surface area contributed by atoms with E-state index in [1.54, 1.807) is 4.57 Å². The molecule has 0 atom stereocenters. The Bertz CT molecular complexity index is 1420. The molecule has 0 bridgehead atoms. The van der Waals surface area contributed by atoms with Gasteiger partial charge in [0.1, 0.15) is 0 Å². The lowest BCUT2D eigenvalue weighted by molar-refractivity contribution is 0.664. The summed E-state index contributed by atoms with van der Waals surface area (Å²) >= 11 is 0. The summed E-state index contributed by atoms with van der Waals surface area (Å²) in [5, 5.41) is 14.4. The Morgan fingerprint density at radius 2 is 1.74 bits per heavy atom. The third-order valence-electron chi connectivity index (χ3n) is 5.85. The fraction of sp³-hybridized carbons (Fsp3) is 0.192. The molecule has 0 unspecified atom stereocenters. The van der Waals surface area contributed by atoms with Crippen molar-refractivity contribution in [3.8, 4) is 28.2 Å². The van der Waals surface area contributed by atoms with Gasteiger partial charge in [0.15, 0.2) is 0 Å². The predicted molar refractivity (Wildman–Crippen MR) is 131 cm³/mol. The van der Waals surface area contributed by atoms with Gasteiger partial charge >= 0.3 is 5.69 Å². The molecule has 5 rings (SSSR count). The minimum Gasteiger partial charge on any atom is -0.290 e. The summed E-state index contributed by atoms with van der Waals surface area (Å²) in [6.45, 7) is 2.58. The number of nitrogens with one attached hydrogen (secondary N) is 1. The zero-order valence-corrected chi connectivity index (χ0v) is 18.9. The van der Waals surface area contributed by atoms with Crippen LogP contribution >= 0.6 is 0 Å². The second-order valence-electron chi connectivity index (χ2n) is 8.12. The van der Waals surface area contributed by atoms with Gasteiger partial charge in [-0.3, -0.25) is 14.1 Å². The van der Waals surface area contributed by atoms with Crippen LogP contribution in [0.2, 0.25) is 0 Å². The van der Waals surface area contributed by atoms with Crippen molar-refractivity contribution in [2.24, 2.45) is 0 Å². The lowest BCUT2D eigenvalue weighted by Crippen LogP contribution is -2.25. The molecule has 3 heterocycles. The van der Waals surface area contributed by atoms with Crippen LogP contribution in [0.15, 0.2) is 83.9 Å². The molecular weight excluding hydrogens is 426 g/mol. The van der Waals surface area contributed by atoms with Crippen molar-refractivity contribution in [2.75, 3.05) is 0 Å². The molecule has 0 spiro atoms. The first-order valence-electron chi connectivity index (χ1n) is 11.4. The second-order valence-corrected chi connectivity index (χ2v) is 8.12. The van der Waals surface area contributed by atoms with Crippen molar-refractivity contribution in [1.29, 1.82) is 0 Å². The number of H-pyrrole nitrogens is 1. The van der Waals surface area contributed by atoms with Crippen LogP contribution in [-0.4, -0.2) is 34.7 Å². The highest BCUT2D eigenvalue weighted by molar-refractivity contribution is 5.79. The van der Waals surface area contributed by atoms with E-state index in [1.807, 2.05) is 83.7 Å². The van der Waals surface area contributed by atoms with Crippen molar-refractivity contribution in [3.05, 3.63) is 101 Å². The number of hydrogen-bond donors (Lipinski definition) is 1. The number of tetrazole rings is 1. The highest BCUT2D eigenvalue weighted by Crippen LogP contribution is 2.29. The zero-order valence-electron chi connectivity index (χ0n) is 18.9. The summed E-state index contributed by atoms with van der Waals surface area (Å²) in [5.41, 5.74) is 5.46. The smallest absolute Gasteiger partial charge is 0.290 e. The first-order chi connectivity index (χ1) is 16.7. The molecule has 0 radical (unpaired) electrons. The van der Waals surface area contributed by atoms with E-state index in [1.165, 1.54) is 0 Å². The normalized spacial score (nSPS) is 11.1. The van der Waals surface area contributed by atoms with Gasteiger partial charge in [0, 0.05) is 29.2 Å². The molecule has 0 aliphatic heterocycles. The molecular formula is C26H25N7O. The molecule has 0 saturated carbocycles. The van der Waals surface area contributed by atoms with E-state index in [0.717, 1.165) is 53.0 Å². The molecule has 8 heteroatoms. The standard InChI is InChI=1S/C26H25N7O/c1-2-3-9-22-18-33(21-10-5-4-6-11-21)26(34)32(22)17-20-15-14-19(16-27-20)23-12-7-8-13-24(23)25-28-30-31-29-25/h4-8,10-16,18H,2-3,9,17H2,1H3,(H,28,29,30,31). The summed E-state index contributed by atoms with van der Waals surface area (Å²) in [5.74, 6) is 0.536. The number of nitrogens with zero attached hydrogens (tertiary/aromatic N) is 6. The first-order valence-corrected chi connectivity index (χ1v) is 11.4. The van der Waals surface area contributed by atoms with Gasteiger partial charge in [-0.15, -0.1) is 10.2 Å². The van der Waals surface area contributed by atoms with E-state index in [-0.39, 0.29) is 5.69 Å². The molecule has 34 heavy (non-hydrogen) atoms. The van der Waals surface area contributed by atoms with Crippen molar-refractivity contribution in [2.45, 2.75) is 32.7 Å². The van der Waals surface area contributed by atoms with Gasteiger partial charge in [-0.05, 0) is 41.8 Å². The number of imidazole rings is 1. The predicted octanol–water partition coefficient (Wildman–Crippen LogP) is 4.27. The summed E-state index contributed by atoms with van der Waals surface area (Å²) in [4.78, 5) is 18.0. The number of aromatic amines is 1. The van der Waals surface area contributed by atoms with E-state index in [9.17, 15) is 4.79 Å². The molecule has 0 aliphatic carbocycles. The van der Waals surface area contributed by atoms with E-state index in [0.29, 0.717) is 12.4 Å². The van der Waals surface area contributed by atoms with Crippen LogP contribution in [-0.2, 0) is 13.0 Å². The number of benzene rings is 2. The first kappa shape index (κ1) is 21.5. The Morgan fingerprint density at radius 1 is 0.941 bits per heavy atom. The Hall–Kier alpha value is -4.33. The number of aromatic nitrogens is 7. The quantitative estimate of drug-likeness (QED) is 0.380. The molecule has 1 N–H and O–H groups in total.